The number of hydrogen-bond acceptors (Lipinski definition) is 5. The maximum Gasteiger partial charge on any atom is 0.103 e. The van der Waals surface area contributed by atoms with Crippen LogP contribution in [-0.2, 0) is 0 Å². The average molecular weight is 315 g/mol. The Hall–Kier alpha value is -3.39. The molecule has 5 nitrogen and oxygen atoms in total. The minimum absolute atomic E-state index is 0.494. The summed E-state index contributed by atoms with van der Waals surface area (Å²) in [5.41, 5.74) is 5.04. The van der Waals surface area contributed by atoms with Crippen molar-refractivity contribution in [1.82, 2.24) is 9.97 Å². The zero-order valence-corrected chi connectivity index (χ0v) is 13.6. The molecular weight excluding hydrogens is 298 g/mol. The van der Waals surface area contributed by atoms with Gasteiger partial charge in [0.1, 0.15) is 6.07 Å². The molecule has 3 rings (SSSR count). The Morgan fingerprint density at radius 1 is 1.00 bits per heavy atom. The number of aromatic nitrogens is 2. The standard InChI is InChI=1S/C19H17N5/c1-24(2)17-7-5-14(6-8-17)18-13-22-11-15(10-20)19(18)23-16-4-3-9-21-12-16/h3-9,11-13H,1-2H3,(H,22,23). The van der Waals surface area contributed by atoms with Gasteiger partial charge in [-0.2, -0.15) is 5.26 Å². The fourth-order valence-corrected chi connectivity index (χ4v) is 2.42. The van der Waals surface area contributed by atoms with E-state index in [0.29, 0.717) is 5.56 Å². The van der Waals surface area contributed by atoms with Gasteiger partial charge in [0.25, 0.3) is 0 Å². The first-order chi connectivity index (χ1) is 11.7. The third kappa shape index (κ3) is 3.18. The predicted molar refractivity (Wildman–Crippen MR) is 96.2 cm³/mol. The van der Waals surface area contributed by atoms with E-state index < -0.39 is 0 Å². The van der Waals surface area contributed by atoms with Gasteiger partial charge in [-0.25, -0.2) is 0 Å². The quantitative estimate of drug-likeness (QED) is 0.793. The molecular formula is C19H17N5. The second kappa shape index (κ2) is 6.80. The summed E-state index contributed by atoms with van der Waals surface area (Å²) in [4.78, 5) is 10.4. The van der Waals surface area contributed by atoms with Crippen LogP contribution in [0.4, 0.5) is 17.1 Å². The third-order valence-corrected chi connectivity index (χ3v) is 3.69. The highest BCUT2D eigenvalue weighted by atomic mass is 15.1. The maximum atomic E-state index is 9.43. The molecule has 1 N–H and O–H groups in total. The zero-order valence-electron chi connectivity index (χ0n) is 13.6. The molecule has 0 saturated carbocycles. The van der Waals surface area contributed by atoms with Crippen LogP contribution in [0.3, 0.4) is 0 Å². The monoisotopic (exact) mass is 315 g/mol. The van der Waals surface area contributed by atoms with Crippen molar-refractivity contribution < 1.29 is 0 Å². The van der Waals surface area contributed by atoms with E-state index in [0.717, 1.165) is 28.2 Å². The van der Waals surface area contributed by atoms with Gasteiger partial charge in [-0.15, -0.1) is 0 Å². The average Bonchev–Trinajstić information content (AvgIpc) is 2.63. The molecule has 0 aliphatic heterocycles. The molecule has 2 heterocycles. The van der Waals surface area contributed by atoms with Crippen LogP contribution >= 0.6 is 0 Å². The molecule has 0 amide bonds. The lowest BCUT2D eigenvalue weighted by Crippen LogP contribution is -2.08. The van der Waals surface area contributed by atoms with Gasteiger partial charge >= 0.3 is 0 Å². The fraction of sp³-hybridized carbons (Fsp3) is 0.105. The number of hydrogen-bond donors (Lipinski definition) is 1. The Kier molecular flexibility index (Phi) is 4.39. The van der Waals surface area contributed by atoms with Gasteiger partial charge in [0.15, 0.2) is 0 Å². The highest BCUT2D eigenvalue weighted by Gasteiger charge is 2.12. The van der Waals surface area contributed by atoms with Gasteiger partial charge in [-0.05, 0) is 29.8 Å². The van der Waals surface area contributed by atoms with Crippen molar-refractivity contribution in [1.29, 1.82) is 5.26 Å². The molecule has 0 unspecified atom stereocenters. The number of benzene rings is 1. The molecule has 1 aromatic carbocycles. The van der Waals surface area contributed by atoms with Crippen molar-refractivity contribution in [2.24, 2.45) is 0 Å². The van der Waals surface area contributed by atoms with E-state index in [1.54, 1.807) is 24.8 Å². The summed E-state index contributed by atoms with van der Waals surface area (Å²) < 4.78 is 0. The Balaban J connectivity index is 2.06. The van der Waals surface area contributed by atoms with E-state index in [1.165, 1.54) is 0 Å². The van der Waals surface area contributed by atoms with Crippen molar-refractivity contribution in [3.8, 4) is 17.2 Å². The van der Waals surface area contributed by atoms with E-state index in [1.807, 2.05) is 55.4 Å². The molecule has 0 atom stereocenters. The van der Waals surface area contributed by atoms with Crippen molar-refractivity contribution in [2.45, 2.75) is 0 Å². The lowest BCUT2D eigenvalue weighted by atomic mass is 10.0. The second-order valence-corrected chi connectivity index (χ2v) is 5.53. The number of rotatable bonds is 4. The van der Waals surface area contributed by atoms with E-state index >= 15 is 0 Å². The number of nitrogens with zero attached hydrogens (tertiary/aromatic N) is 4. The van der Waals surface area contributed by atoms with E-state index in [2.05, 4.69) is 21.4 Å². The smallest absolute Gasteiger partial charge is 0.103 e. The van der Waals surface area contributed by atoms with Crippen LogP contribution in [0.5, 0.6) is 0 Å². The Morgan fingerprint density at radius 2 is 1.79 bits per heavy atom. The summed E-state index contributed by atoms with van der Waals surface area (Å²) in [6.45, 7) is 0. The minimum Gasteiger partial charge on any atom is -0.378 e. The molecule has 0 bridgehead atoms. The lowest BCUT2D eigenvalue weighted by Gasteiger charge is -2.15. The zero-order chi connectivity index (χ0) is 16.9. The summed E-state index contributed by atoms with van der Waals surface area (Å²) >= 11 is 0. The Bertz CT molecular complexity index is 865. The molecule has 0 fully saturated rings. The highest BCUT2D eigenvalue weighted by molar-refractivity contribution is 5.84. The molecule has 0 spiro atoms. The summed E-state index contributed by atoms with van der Waals surface area (Å²) in [6.07, 6.45) is 6.77. The molecule has 0 saturated heterocycles. The van der Waals surface area contributed by atoms with Crippen LogP contribution in [0.1, 0.15) is 5.56 Å². The van der Waals surface area contributed by atoms with Crippen molar-refractivity contribution >= 4 is 17.1 Å². The summed E-state index contributed by atoms with van der Waals surface area (Å²) in [7, 11) is 4.00. The maximum absolute atomic E-state index is 9.43. The van der Waals surface area contributed by atoms with Gasteiger partial charge in [-0.3, -0.25) is 9.97 Å². The largest absolute Gasteiger partial charge is 0.378 e. The minimum atomic E-state index is 0.494. The van der Waals surface area contributed by atoms with Crippen molar-refractivity contribution in [3.63, 3.8) is 0 Å². The van der Waals surface area contributed by atoms with E-state index in [-0.39, 0.29) is 0 Å². The molecule has 5 heteroatoms. The Labute approximate surface area is 141 Å². The summed E-state index contributed by atoms with van der Waals surface area (Å²) in [6, 6.07) is 14.1. The number of anilines is 3. The summed E-state index contributed by atoms with van der Waals surface area (Å²) in [5.74, 6) is 0. The highest BCUT2D eigenvalue weighted by Crippen LogP contribution is 2.33. The van der Waals surface area contributed by atoms with Crippen LogP contribution in [0.2, 0.25) is 0 Å². The number of nitrogens with one attached hydrogen (secondary N) is 1. The first-order valence-corrected chi connectivity index (χ1v) is 7.52. The Morgan fingerprint density at radius 3 is 2.42 bits per heavy atom. The molecule has 0 radical (unpaired) electrons. The molecule has 24 heavy (non-hydrogen) atoms. The van der Waals surface area contributed by atoms with Crippen molar-refractivity contribution in [2.75, 3.05) is 24.3 Å². The van der Waals surface area contributed by atoms with Crippen LogP contribution in [0, 0.1) is 11.3 Å². The van der Waals surface area contributed by atoms with Crippen LogP contribution in [-0.4, -0.2) is 24.1 Å². The predicted octanol–water partition coefficient (Wildman–Crippen LogP) is 3.82. The fourth-order valence-electron chi connectivity index (χ4n) is 2.42. The van der Waals surface area contributed by atoms with Crippen LogP contribution in [0.25, 0.3) is 11.1 Å². The molecule has 0 aliphatic rings. The lowest BCUT2D eigenvalue weighted by molar-refractivity contribution is 1.13. The third-order valence-electron chi connectivity index (χ3n) is 3.69. The van der Waals surface area contributed by atoms with Crippen molar-refractivity contribution in [3.05, 3.63) is 66.7 Å². The molecule has 0 aliphatic carbocycles. The molecule has 118 valence electrons. The SMILES string of the molecule is CN(C)c1ccc(-c2cncc(C#N)c2Nc2cccnc2)cc1. The first-order valence-electron chi connectivity index (χ1n) is 7.52. The summed E-state index contributed by atoms with van der Waals surface area (Å²) in [5, 5.41) is 12.7. The second-order valence-electron chi connectivity index (χ2n) is 5.53. The normalized spacial score (nSPS) is 10.0. The molecule has 3 aromatic rings. The van der Waals surface area contributed by atoms with Gasteiger partial charge in [0.2, 0.25) is 0 Å². The van der Waals surface area contributed by atoms with Gasteiger partial charge < -0.3 is 10.2 Å². The van der Waals surface area contributed by atoms with E-state index in [9.17, 15) is 5.26 Å². The topological polar surface area (TPSA) is 64.8 Å². The van der Waals surface area contributed by atoms with Gasteiger partial charge in [0.05, 0.1) is 23.1 Å². The number of nitriles is 1. The number of pyridine rings is 2. The van der Waals surface area contributed by atoms with Crippen LogP contribution in [0.15, 0.2) is 61.2 Å². The van der Waals surface area contributed by atoms with Crippen LogP contribution < -0.4 is 10.2 Å². The van der Waals surface area contributed by atoms with Gasteiger partial charge in [0, 0.05) is 43.9 Å². The first kappa shape index (κ1) is 15.5. The molecule has 2 aromatic heterocycles. The van der Waals surface area contributed by atoms with Gasteiger partial charge in [-0.1, -0.05) is 12.1 Å². The van der Waals surface area contributed by atoms with E-state index in [4.69, 9.17) is 0 Å².